The minimum absolute atomic E-state index is 0.00533. The number of nitrogens with two attached hydrogens (primary N) is 1. The Morgan fingerprint density at radius 3 is 2.68 bits per heavy atom. The van der Waals surface area contributed by atoms with Crippen LogP contribution in [0.2, 0.25) is 0 Å². The Bertz CT molecular complexity index is 915. The first-order valence-electron chi connectivity index (χ1n) is 7.39. The fourth-order valence-electron chi connectivity index (χ4n) is 2.30. The van der Waals surface area contributed by atoms with Crippen LogP contribution in [0.15, 0.2) is 27.5 Å². The molecule has 25 heavy (non-hydrogen) atoms. The van der Waals surface area contributed by atoms with Gasteiger partial charge in [0, 0.05) is 11.3 Å². The first kappa shape index (κ1) is 18.5. The van der Waals surface area contributed by atoms with E-state index in [9.17, 15) is 14.9 Å². The Kier molecular flexibility index (Phi) is 5.83. The number of hydrogen-bond donors (Lipinski definition) is 2. The van der Waals surface area contributed by atoms with Crippen LogP contribution in [0, 0.1) is 18.3 Å². The Hall–Kier alpha value is -2.79. The highest BCUT2D eigenvalue weighted by molar-refractivity contribution is 9.10. The second-order valence-corrected chi connectivity index (χ2v) is 6.01. The van der Waals surface area contributed by atoms with Gasteiger partial charge in [0.1, 0.15) is 11.6 Å². The number of amides is 1. The third-order valence-electron chi connectivity index (χ3n) is 3.26. The Labute approximate surface area is 152 Å². The third-order valence-corrected chi connectivity index (χ3v) is 3.85. The molecule has 3 N–H and O–H groups in total. The molecule has 0 fully saturated rings. The van der Waals surface area contributed by atoms with Crippen LogP contribution in [0.4, 0.5) is 0 Å². The smallest absolute Gasteiger partial charge is 0.266 e. The van der Waals surface area contributed by atoms with Crippen molar-refractivity contribution < 1.29 is 14.3 Å². The summed E-state index contributed by atoms with van der Waals surface area (Å²) in [6, 6.07) is 6.97. The van der Waals surface area contributed by atoms with E-state index >= 15 is 0 Å². The van der Waals surface area contributed by atoms with Gasteiger partial charge in [-0.15, -0.1) is 0 Å². The molecule has 0 radical (unpaired) electrons. The summed E-state index contributed by atoms with van der Waals surface area (Å²) in [6.45, 7) is 3.60. The zero-order chi connectivity index (χ0) is 18.6. The maximum atomic E-state index is 12.0. The summed E-state index contributed by atoms with van der Waals surface area (Å²) < 4.78 is 11.5. The van der Waals surface area contributed by atoms with Crippen molar-refractivity contribution >= 4 is 21.8 Å². The minimum atomic E-state index is -0.615. The van der Waals surface area contributed by atoms with Crippen LogP contribution in [0.25, 0.3) is 11.1 Å². The summed E-state index contributed by atoms with van der Waals surface area (Å²) in [7, 11) is 0. The molecule has 1 aromatic carbocycles. The van der Waals surface area contributed by atoms with Crippen molar-refractivity contribution in [2.24, 2.45) is 5.73 Å². The number of aromatic amines is 1. The second-order valence-electron chi connectivity index (χ2n) is 5.16. The fraction of sp³-hybridized carbons (Fsp3) is 0.235. The summed E-state index contributed by atoms with van der Waals surface area (Å²) >= 11 is 3.37. The predicted molar refractivity (Wildman–Crippen MR) is 95.5 cm³/mol. The Morgan fingerprint density at radius 2 is 2.08 bits per heavy atom. The number of nitriles is 1. The summed E-state index contributed by atoms with van der Waals surface area (Å²) in [6.07, 6.45) is 0. The fourth-order valence-corrected chi connectivity index (χ4v) is 2.85. The van der Waals surface area contributed by atoms with Crippen molar-refractivity contribution in [3.05, 3.63) is 44.3 Å². The molecule has 0 aliphatic heterocycles. The van der Waals surface area contributed by atoms with Crippen LogP contribution in [-0.2, 0) is 4.79 Å². The van der Waals surface area contributed by atoms with Crippen LogP contribution in [0.5, 0.6) is 11.5 Å². The van der Waals surface area contributed by atoms with E-state index in [2.05, 4.69) is 20.9 Å². The van der Waals surface area contributed by atoms with Crippen molar-refractivity contribution in [1.29, 1.82) is 5.26 Å². The number of primary amides is 1. The van der Waals surface area contributed by atoms with Crippen LogP contribution in [-0.4, -0.2) is 24.1 Å². The van der Waals surface area contributed by atoms with Crippen molar-refractivity contribution in [3.63, 3.8) is 0 Å². The molecular formula is C17H16BrN3O4. The minimum Gasteiger partial charge on any atom is -0.490 e. The molecule has 0 aliphatic carbocycles. The van der Waals surface area contributed by atoms with Crippen LogP contribution >= 0.6 is 15.9 Å². The number of benzene rings is 1. The largest absolute Gasteiger partial charge is 0.490 e. The molecular weight excluding hydrogens is 390 g/mol. The van der Waals surface area contributed by atoms with Gasteiger partial charge in [-0.25, -0.2) is 0 Å². The van der Waals surface area contributed by atoms with Crippen LogP contribution in [0.1, 0.15) is 18.2 Å². The second kappa shape index (κ2) is 7.85. The molecule has 130 valence electrons. The van der Waals surface area contributed by atoms with Gasteiger partial charge >= 0.3 is 0 Å². The maximum absolute atomic E-state index is 12.0. The molecule has 0 saturated heterocycles. The lowest BCUT2D eigenvalue weighted by molar-refractivity contribution is -0.119. The number of carbonyl (C=O) groups is 1. The number of rotatable bonds is 6. The monoisotopic (exact) mass is 405 g/mol. The van der Waals surface area contributed by atoms with Gasteiger partial charge in [0.2, 0.25) is 0 Å². The van der Waals surface area contributed by atoms with E-state index in [0.29, 0.717) is 39.4 Å². The molecule has 0 saturated carbocycles. The molecule has 1 aromatic heterocycles. The highest BCUT2D eigenvalue weighted by Gasteiger charge is 2.17. The maximum Gasteiger partial charge on any atom is 0.266 e. The number of aryl methyl sites for hydroxylation is 1. The number of H-pyrrole nitrogens is 1. The van der Waals surface area contributed by atoms with Gasteiger partial charge in [0.15, 0.2) is 18.1 Å². The zero-order valence-corrected chi connectivity index (χ0v) is 15.3. The summed E-state index contributed by atoms with van der Waals surface area (Å²) in [5.74, 6) is 0.0785. The molecule has 8 heteroatoms. The highest BCUT2D eigenvalue weighted by Crippen LogP contribution is 2.40. The van der Waals surface area contributed by atoms with E-state index in [-0.39, 0.29) is 12.2 Å². The first-order valence-corrected chi connectivity index (χ1v) is 8.18. The molecule has 0 aliphatic rings. The number of nitrogens with zero attached hydrogens (tertiary/aromatic N) is 1. The lowest BCUT2D eigenvalue weighted by Crippen LogP contribution is -2.20. The average Bonchev–Trinajstić information content (AvgIpc) is 2.53. The van der Waals surface area contributed by atoms with E-state index in [4.69, 9.17) is 15.2 Å². The molecule has 0 unspecified atom stereocenters. The Balaban J connectivity index is 2.63. The molecule has 0 atom stereocenters. The lowest BCUT2D eigenvalue weighted by atomic mass is 10.0. The summed E-state index contributed by atoms with van der Waals surface area (Å²) in [5, 5.41) is 9.30. The standard InChI is InChI=1S/C17H16BrN3O4/c1-3-24-14-6-10(5-13(18)16(14)25-8-15(20)22)11-4-9(2)21-17(23)12(11)7-19/h4-6H,3,8H2,1-2H3,(H2,20,22)(H,21,23). The number of ether oxygens (including phenoxy) is 2. The van der Waals surface area contributed by atoms with E-state index < -0.39 is 11.5 Å². The third kappa shape index (κ3) is 4.19. The van der Waals surface area contributed by atoms with Crippen molar-refractivity contribution in [2.45, 2.75) is 13.8 Å². The quantitative estimate of drug-likeness (QED) is 0.763. The molecule has 0 spiro atoms. The van der Waals surface area contributed by atoms with Gasteiger partial charge in [0.05, 0.1) is 11.1 Å². The topological polar surface area (TPSA) is 118 Å². The van der Waals surface area contributed by atoms with Gasteiger partial charge in [-0.1, -0.05) is 0 Å². The van der Waals surface area contributed by atoms with E-state index in [0.717, 1.165) is 0 Å². The van der Waals surface area contributed by atoms with Gasteiger partial charge in [0.25, 0.3) is 11.5 Å². The predicted octanol–water partition coefficient (Wildman–Crippen LogP) is 2.25. The molecule has 2 rings (SSSR count). The number of halogens is 1. The SMILES string of the molecule is CCOc1cc(-c2cc(C)[nH]c(=O)c2C#N)cc(Br)c1OCC(N)=O. The highest BCUT2D eigenvalue weighted by atomic mass is 79.9. The molecule has 1 heterocycles. The summed E-state index contributed by atoms with van der Waals surface area (Å²) in [4.78, 5) is 25.6. The van der Waals surface area contributed by atoms with Crippen molar-refractivity contribution in [1.82, 2.24) is 4.98 Å². The number of hydrogen-bond acceptors (Lipinski definition) is 5. The number of nitrogens with one attached hydrogen (secondary N) is 1. The van der Waals surface area contributed by atoms with Gasteiger partial charge in [-0.05, 0) is 53.5 Å². The van der Waals surface area contributed by atoms with Gasteiger partial charge in [-0.2, -0.15) is 5.26 Å². The van der Waals surface area contributed by atoms with Crippen LogP contribution < -0.4 is 20.8 Å². The zero-order valence-electron chi connectivity index (χ0n) is 13.7. The molecule has 1 amide bonds. The lowest BCUT2D eigenvalue weighted by Gasteiger charge is -2.15. The number of pyridine rings is 1. The van der Waals surface area contributed by atoms with E-state index in [1.54, 1.807) is 32.0 Å². The average molecular weight is 406 g/mol. The number of carbonyl (C=O) groups excluding carboxylic acids is 1. The Morgan fingerprint density at radius 1 is 1.36 bits per heavy atom. The van der Waals surface area contributed by atoms with Gasteiger partial charge in [-0.3, -0.25) is 9.59 Å². The van der Waals surface area contributed by atoms with Crippen molar-refractivity contribution in [3.8, 4) is 28.7 Å². The summed E-state index contributed by atoms with van der Waals surface area (Å²) in [5.41, 5.74) is 6.37. The molecule has 7 nitrogen and oxygen atoms in total. The van der Waals surface area contributed by atoms with Crippen LogP contribution in [0.3, 0.4) is 0 Å². The van der Waals surface area contributed by atoms with Crippen molar-refractivity contribution in [2.75, 3.05) is 13.2 Å². The first-order chi connectivity index (χ1) is 11.9. The van der Waals surface area contributed by atoms with Gasteiger partial charge < -0.3 is 20.2 Å². The van der Waals surface area contributed by atoms with E-state index in [1.165, 1.54) is 0 Å². The molecule has 0 bridgehead atoms. The number of aromatic nitrogens is 1. The van der Waals surface area contributed by atoms with E-state index in [1.807, 2.05) is 6.07 Å². The molecule has 2 aromatic rings. The normalized spacial score (nSPS) is 10.2.